The number of rotatable bonds is 8. The topological polar surface area (TPSA) is 104 Å². The lowest BCUT2D eigenvalue weighted by atomic mass is 9.88. The Morgan fingerprint density at radius 1 is 1.23 bits per heavy atom. The molecule has 3 heterocycles. The number of morpholine rings is 2. The lowest BCUT2D eigenvalue weighted by Crippen LogP contribution is -2.55. The molecule has 1 amide bonds. The van der Waals surface area contributed by atoms with Gasteiger partial charge in [0.2, 0.25) is 0 Å². The molecule has 10 heteroatoms. The number of carboxylic acids is 1. The predicted molar refractivity (Wildman–Crippen MR) is 136 cm³/mol. The molecule has 2 aromatic rings. The molecule has 2 saturated heterocycles. The third-order valence-electron chi connectivity index (χ3n) is 6.72. The van der Waals surface area contributed by atoms with Crippen LogP contribution in [0.3, 0.4) is 0 Å². The summed E-state index contributed by atoms with van der Waals surface area (Å²) >= 11 is 1.39. The lowest BCUT2D eigenvalue weighted by molar-refractivity contribution is -0.0472. The molecule has 1 aromatic carbocycles. The summed E-state index contributed by atoms with van der Waals surface area (Å²) in [7, 11) is 0. The van der Waals surface area contributed by atoms with Gasteiger partial charge in [0.15, 0.2) is 5.13 Å². The first-order valence-electron chi connectivity index (χ1n) is 11.8. The van der Waals surface area contributed by atoms with E-state index in [1.165, 1.54) is 11.3 Å². The van der Waals surface area contributed by atoms with Crippen molar-refractivity contribution in [1.82, 2.24) is 9.88 Å². The van der Waals surface area contributed by atoms with Crippen molar-refractivity contribution in [3.63, 3.8) is 0 Å². The van der Waals surface area contributed by atoms with E-state index < -0.39 is 11.9 Å². The van der Waals surface area contributed by atoms with Gasteiger partial charge in [-0.05, 0) is 31.0 Å². The molecular weight excluding hydrogens is 468 g/mol. The van der Waals surface area contributed by atoms with Crippen molar-refractivity contribution in [3.8, 4) is 0 Å². The Labute approximate surface area is 209 Å². The van der Waals surface area contributed by atoms with Crippen LogP contribution in [-0.2, 0) is 16.0 Å². The molecule has 9 nitrogen and oxygen atoms in total. The number of anilines is 2. The van der Waals surface area contributed by atoms with Gasteiger partial charge in [-0.1, -0.05) is 25.1 Å². The van der Waals surface area contributed by atoms with Crippen LogP contribution in [0.2, 0.25) is 0 Å². The van der Waals surface area contributed by atoms with Crippen molar-refractivity contribution in [3.05, 3.63) is 52.6 Å². The molecule has 2 aliphatic rings. The van der Waals surface area contributed by atoms with E-state index in [2.05, 4.69) is 40.5 Å². The van der Waals surface area contributed by atoms with Crippen LogP contribution in [-0.4, -0.2) is 78.5 Å². The van der Waals surface area contributed by atoms with E-state index in [-0.39, 0.29) is 22.5 Å². The molecule has 1 unspecified atom stereocenters. The summed E-state index contributed by atoms with van der Waals surface area (Å²) in [5, 5.41) is 15.0. The van der Waals surface area contributed by atoms with Crippen LogP contribution in [0.4, 0.5) is 10.8 Å². The van der Waals surface area contributed by atoms with E-state index in [4.69, 9.17) is 9.47 Å². The first kappa shape index (κ1) is 25.3. The molecule has 2 fully saturated rings. The molecule has 1 aromatic heterocycles. The minimum atomic E-state index is -1.10. The van der Waals surface area contributed by atoms with E-state index in [0.717, 1.165) is 42.3 Å². The van der Waals surface area contributed by atoms with Gasteiger partial charge in [0.25, 0.3) is 5.91 Å². The molecule has 0 bridgehead atoms. The zero-order valence-corrected chi connectivity index (χ0v) is 21.0. The van der Waals surface area contributed by atoms with E-state index in [0.29, 0.717) is 33.0 Å². The fourth-order valence-corrected chi connectivity index (χ4v) is 5.25. The van der Waals surface area contributed by atoms with Gasteiger partial charge in [0.1, 0.15) is 5.69 Å². The minimum Gasteiger partial charge on any atom is -0.478 e. The number of aromatic carboxylic acids is 1. The zero-order chi connectivity index (χ0) is 25.0. The quantitative estimate of drug-likeness (QED) is 0.531. The Kier molecular flexibility index (Phi) is 7.85. The van der Waals surface area contributed by atoms with Crippen LogP contribution < -0.4 is 10.2 Å². The number of carbonyl (C=O) groups is 2. The number of hydrogen-bond acceptors (Lipinski definition) is 8. The Bertz CT molecular complexity index is 1100. The Balaban J connectivity index is 1.50. The number of hydrogen-bond donors (Lipinski definition) is 2. The number of carbonyl (C=O) groups excluding carboxylic acids is 1. The van der Waals surface area contributed by atoms with Crippen LogP contribution in [0.5, 0.6) is 0 Å². The van der Waals surface area contributed by atoms with Crippen molar-refractivity contribution in [1.29, 1.82) is 0 Å². The van der Waals surface area contributed by atoms with Crippen LogP contribution in [0, 0.1) is 0 Å². The first-order valence-corrected chi connectivity index (χ1v) is 12.7. The summed E-state index contributed by atoms with van der Waals surface area (Å²) in [6.45, 7) is 13.6. The average Bonchev–Trinajstić information content (AvgIpc) is 3.37. The SMILES string of the molecule is C=C(CC)C1(C)COCCN1Cc1ccc(NC(=O)c2csc(N3CCOCC3)n2)c(C(=O)O)c1. The molecule has 35 heavy (non-hydrogen) atoms. The number of amides is 1. The molecule has 0 saturated carbocycles. The van der Waals surface area contributed by atoms with E-state index >= 15 is 0 Å². The highest BCUT2D eigenvalue weighted by atomic mass is 32.1. The van der Waals surface area contributed by atoms with Crippen molar-refractivity contribution in [2.45, 2.75) is 32.4 Å². The smallest absolute Gasteiger partial charge is 0.337 e. The highest BCUT2D eigenvalue weighted by molar-refractivity contribution is 7.14. The second kappa shape index (κ2) is 10.9. The molecule has 0 radical (unpaired) electrons. The molecule has 2 aliphatic heterocycles. The normalized spacial score (nSPS) is 21.0. The predicted octanol–water partition coefficient (Wildman–Crippen LogP) is 3.49. The van der Waals surface area contributed by atoms with Crippen molar-refractivity contribution < 1.29 is 24.2 Å². The molecule has 2 N–H and O–H groups in total. The molecule has 1 atom stereocenters. The van der Waals surface area contributed by atoms with Gasteiger partial charge in [0, 0.05) is 31.6 Å². The summed E-state index contributed by atoms with van der Waals surface area (Å²) in [6, 6.07) is 5.13. The largest absolute Gasteiger partial charge is 0.478 e. The van der Waals surface area contributed by atoms with Gasteiger partial charge in [-0.3, -0.25) is 9.69 Å². The Morgan fingerprint density at radius 2 is 1.97 bits per heavy atom. The fraction of sp³-hybridized carbons (Fsp3) is 0.480. The molecule has 0 spiro atoms. The maximum absolute atomic E-state index is 12.8. The van der Waals surface area contributed by atoms with Gasteiger partial charge in [-0.25, -0.2) is 9.78 Å². The number of aromatic nitrogens is 1. The molecular formula is C25H32N4O5S. The second-order valence-electron chi connectivity index (χ2n) is 8.96. The third kappa shape index (κ3) is 5.56. The number of nitrogens with zero attached hydrogens (tertiary/aromatic N) is 3. The highest BCUT2D eigenvalue weighted by Gasteiger charge is 2.37. The van der Waals surface area contributed by atoms with Gasteiger partial charge < -0.3 is 24.8 Å². The number of benzene rings is 1. The number of carboxylic acid groups (broad SMARTS) is 1. The minimum absolute atomic E-state index is 0.0452. The summed E-state index contributed by atoms with van der Waals surface area (Å²) < 4.78 is 11.1. The first-order chi connectivity index (χ1) is 16.8. The lowest BCUT2D eigenvalue weighted by Gasteiger charge is -2.46. The number of ether oxygens (including phenoxy) is 2. The van der Waals surface area contributed by atoms with E-state index in [1.807, 2.05) is 6.07 Å². The van der Waals surface area contributed by atoms with Crippen molar-refractivity contribution in [2.24, 2.45) is 0 Å². The maximum atomic E-state index is 12.8. The van der Waals surface area contributed by atoms with Gasteiger partial charge in [0.05, 0.1) is 43.2 Å². The summed E-state index contributed by atoms with van der Waals surface area (Å²) in [5.74, 6) is -1.53. The summed E-state index contributed by atoms with van der Waals surface area (Å²) in [4.78, 5) is 33.7. The molecule has 4 rings (SSSR count). The number of nitrogens with one attached hydrogen (secondary N) is 1. The molecule has 0 aliphatic carbocycles. The maximum Gasteiger partial charge on any atom is 0.337 e. The summed E-state index contributed by atoms with van der Waals surface area (Å²) in [6.07, 6.45) is 0.839. The zero-order valence-electron chi connectivity index (χ0n) is 20.2. The van der Waals surface area contributed by atoms with Gasteiger partial charge in [-0.2, -0.15) is 0 Å². The van der Waals surface area contributed by atoms with Crippen LogP contribution in [0.25, 0.3) is 0 Å². The van der Waals surface area contributed by atoms with Crippen LogP contribution in [0.15, 0.2) is 35.7 Å². The van der Waals surface area contributed by atoms with Crippen molar-refractivity contribution in [2.75, 3.05) is 56.3 Å². The van der Waals surface area contributed by atoms with Gasteiger partial charge >= 0.3 is 5.97 Å². The monoisotopic (exact) mass is 500 g/mol. The van der Waals surface area contributed by atoms with E-state index in [1.54, 1.807) is 17.5 Å². The molecule has 188 valence electrons. The Morgan fingerprint density at radius 3 is 2.69 bits per heavy atom. The number of thiazole rings is 1. The van der Waals surface area contributed by atoms with E-state index in [9.17, 15) is 14.7 Å². The average molecular weight is 501 g/mol. The highest BCUT2D eigenvalue weighted by Crippen LogP contribution is 2.31. The second-order valence-corrected chi connectivity index (χ2v) is 9.80. The van der Waals surface area contributed by atoms with Crippen molar-refractivity contribution >= 4 is 34.0 Å². The van der Waals surface area contributed by atoms with Gasteiger partial charge in [-0.15, -0.1) is 11.3 Å². The fourth-order valence-electron chi connectivity index (χ4n) is 4.39. The summed E-state index contributed by atoms with van der Waals surface area (Å²) in [5.41, 5.74) is 2.17. The Hall–Kier alpha value is -2.79. The third-order valence-corrected chi connectivity index (χ3v) is 7.62. The standard InChI is InChI=1S/C25H32N4O5S/c1-4-17(2)25(3)16-34-12-9-29(25)14-18-5-6-20(19(13-18)23(31)32)26-22(30)21-15-35-24(27-21)28-7-10-33-11-8-28/h5-6,13,15H,2,4,7-12,14,16H2,1,3H3,(H,26,30)(H,31,32). The van der Waals surface area contributed by atoms with Crippen LogP contribution >= 0.6 is 11.3 Å². The van der Waals surface area contributed by atoms with Crippen LogP contribution in [0.1, 0.15) is 46.7 Å².